The Kier molecular flexibility index (Phi) is 2.99. The highest BCUT2D eigenvalue weighted by atomic mass is 19.1. The van der Waals surface area contributed by atoms with Gasteiger partial charge < -0.3 is 10.4 Å². The topological polar surface area (TPSA) is 32.3 Å². The Labute approximate surface area is 119 Å². The number of fused-ring (bicyclic) bond motifs is 5. The summed E-state index contributed by atoms with van der Waals surface area (Å²) >= 11 is 0. The molecule has 4 rings (SSSR count). The molecule has 2 bridgehead atoms. The molecule has 0 aromatic heterocycles. The molecule has 0 heterocycles. The van der Waals surface area contributed by atoms with Crippen molar-refractivity contribution in [2.75, 3.05) is 0 Å². The zero-order chi connectivity index (χ0) is 13.7. The van der Waals surface area contributed by atoms with E-state index in [-0.39, 0.29) is 5.75 Å². The quantitative estimate of drug-likeness (QED) is 0.885. The van der Waals surface area contributed by atoms with Crippen LogP contribution in [-0.4, -0.2) is 11.1 Å². The highest BCUT2D eigenvalue weighted by Gasteiger charge is 2.53. The second-order valence-electron chi connectivity index (χ2n) is 6.89. The molecule has 0 spiro atoms. The average Bonchev–Trinajstić information content (AvgIpc) is 3.11. The summed E-state index contributed by atoms with van der Waals surface area (Å²) in [6.45, 7) is 0.578. The molecule has 3 aliphatic carbocycles. The Balaban J connectivity index is 1.43. The normalized spacial score (nSPS) is 38.4. The highest BCUT2D eigenvalue weighted by molar-refractivity contribution is 5.33. The molecule has 0 radical (unpaired) electrons. The molecule has 3 aliphatic rings. The molecule has 1 aromatic rings. The van der Waals surface area contributed by atoms with Crippen LogP contribution >= 0.6 is 0 Å². The molecule has 20 heavy (non-hydrogen) atoms. The van der Waals surface area contributed by atoms with E-state index < -0.39 is 5.82 Å². The van der Waals surface area contributed by atoms with Gasteiger partial charge in [0.1, 0.15) is 0 Å². The predicted octanol–water partition coefficient (Wildman–Crippen LogP) is 3.45. The molecule has 2 nitrogen and oxygen atoms in total. The van der Waals surface area contributed by atoms with E-state index in [0.29, 0.717) is 18.2 Å². The first kappa shape index (κ1) is 12.6. The lowest BCUT2D eigenvalue weighted by atomic mass is 9.79. The zero-order valence-corrected chi connectivity index (χ0v) is 11.7. The third-order valence-electron chi connectivity index (χ3n) is 6.05. The van der Waals surface area contributed by atoms with E-state index in [1.54, 1.807) is 12.1 Å². The van der Waals surface area contributed by atoms with E-state index >= 15 is 0 Å². The van der Waals surface area contributed by atoms with Crippen LogP contribution in [0.5, 0.6) is 5.75 Å². The van der Waals surface area contributed by atoms with Crippen molar-refractivity contribution in [2.45, 2.75) is 44.7 Å². The highest BCUT2D eigenvalue weighted by Crippen LogP contribution is 2.58. The Morgan fingerprint density at radius 2 is 2.00 bits per heavy atom. The monoisotopic (exact) mass is 275 g/mol. The lowest BCUT2D eigenvalue weighted by Crippen LogP contribution is -2.38. The number of phenols is 1. The molecular weight excluding hydrogens is 253 g/mol. The van der Waals surface area contributed by atoms with Crippen LogP contribution in [0.15, 0.2) is 18.2 Å². The van der Waals surface area contributed by atoms with E-state index in [4.69, 9.17) is 0 Å². The first-order chi connectivity index (χ1) is 9.74. The van der Waals surface area contributed by atoms with Crippen molar-refractivity contribution in [3.63, 3.8) is 0 Å². The summed E-state index contributed by atoms with van der Waals surface area (Å²) in [5.74, 6) is 2.97. The van der Waals surface area contributed by atoms with E-state index in [1.807, 2.05) is 0 Å². The number of hydrogen-bond acceptors (Lipinski definition) is 2. The van der Waals surface area contributed by atoms with Crippen LogP contribution in [-0.2, 0) is 6.54 Å². The van der Waals surface area contributed by atoms with Gasteiger partial charge in [-0.15, -0.1) is 0 Å². The minimum atomic E-state index is -0.520. The third kappa shape index (κ3) is 1.86. The number of phenolic OH excluding ortho intramolecular Hbond substituents is 1. The summed E-state index contributed by atoms with van der Waals surface area (Å²) < 4.78 is 13.3. The van der Waals surface area contributed by atoms with Crippen molar-refractivity contribution >= 4 is 0 Å². The number of para-hydroxylation sites is 1. The molecule has 3 fully saturated rings. The van der Waals surface area contributed by atoms with Crippen molar-refractivity contribution in [3.05, 3.63) is 29.6 Å². The van der Waals surface area contributed by atoms with E-state index in [9.17, 15) is 9.50 Å². The van der Waals surface area contributed by atoms with Crippen LogP contribution < -0.4 is 5.32 Å². The van der Waals surface area contributed by atoms with Gasteiger partial charge in [-0.3, -0.25) is 0 Å². The SMILES string of the molecule is Oc1c(F)cccc1CNC1CC2CC1C1CCCC21. The van der Waals surface area contributed by atoms with Crippen LogP contribution in [0.25, 0.3) is 0 Å². The molecule has 5 unspecified atom stereocenters. The number of aromatic hydroxyl groups is 1. The Bertz CT molecular complexity index is 518. The lowest BCUT2D eigenvalue weighted by molar-refractivity contribution is 0.207. The van der Waals surface area contributed by atoms with Crippen LogP contribution in [0, 0.1) is 29.5 Å². The largest absolute Gasteiger partial charge is 0.505 e. The van der Waals surface area contributed by atoms with Crippen molar-refractivity contribution in [3.8, 4) is 5.75 Å². The Morgan fingerprint density at radius 3 is 2.90 bits per heavy atom. The second kappa shape index (κ2) is 4.73. The van der Waals surface area contributed by atoms with Gasteiger partial charge in [0.2, 0.25) is 0 Å². The molecule has 0 aliphatic heterocycles. The average molecular weight is 275 g/mol. The second-order valence-corrected chi connectivity index (χ2v) is 6.89. The zero-order valence-electron chi connectivity index (χ0n) is 11.7. The van der Waals surface area contributed by atoms with Gasteiger partial charge in [0.05, 0.1) is 0 Å². The van der Waals surface area contributed by atoms with Crippen LogP contribution in [0.3, 0.4) is 0 Å². The maximum atomic E-state index is 13.3. The lowest BCUT2D eigenvalue weighted by Gasteiger charge is -2.32. The minimum absolute atomic E-state index is 0.193. The van der Waals surface area contributed by atoms with Crippen LogP contribution in [0.4, 0.5) is 4.39 Å². The molecule has 3 saturated carbocycles. The van der Waals surface area contributed by atoms with Crippen LogP contribution in [0.2, 0.25) is 0 Å². The Morgan fingerprint density at radius 1 is 1.15 bits per heavy atom. The van der Waals surface area contributed by atoms with Crippen molar-refractivity contribution in [1.82, 2.24) is 5.32 Å². The van der Waals surface area contributed by atoms with Gasteiger partial charge >= 0.3 is 0 Å². The van der Waals surface area contributed by atoms with Gasteiger partial charge in [0, 0.05) is 18.2 Å². The molecule has 2 N–H and O–H groups in total. The van der Waals surface area contributed by atoms with Gasteiger partial charge in [0.15, 0.2) is 11.6 Å². The standard InChI is InChI=1S/C17H22FNO/c18-15-6-1-3-10(17(15)20)9-19-16-8-11-7-14(16)13-5-2-4-12(11)13/h1,3,6,11-14,16,19-20H,2,4-5,7-9H2. The molecule has 0 saturated heterocycles. The number of halogens is 1. The van der Waals surface area contributed by atoms with Crippen LogP contribution in [0.1, 0.15) is 37.7 Å². The number of rotatable bonds is 3. The third-order valence-corrected chi connectivity index (χ3v) is 6.05. The number of nitrogens with one attached hydrogen (secondary N) is 1. The summed E-state index contributed by atoms with van der Waals surface area (Å²) in [5.41, 5.74) is 0.677. The summed E-state index contributed by atoms with van der Waals surface area (Å²) in [7, 11) is 0. The molecule has 0 amide bonds. The smallest absolute Gasteiger partial charge is 0.165 e. The van der Waals surface area contributed by atoms with Gasteiger partial charge in [0.25, 0.3) is 0 Å². The fraction of sp³-hybridized carbons (Fsp3) is 0.647. The maximum Gasteiger partial charge on any atom is 0.165 e. The van der Waals surface area contributed by atoms with E-state index in [1.165, 1.54) is 38.2 Å². The number of hydrogen-bond donors (Lipinski definition) is 2. The fourth-order valence-electron chi connectivity index (χ4n) is 5.25. The predicted molar refractivity (Wildman–Crippen MR) is 75.7 cm³/mol. The van der Waals surface area contributed by atoms with Gasteiger partial charge in [-0.1, -0.05) is 18.6 Å². The fourth-order valence-corrected chi connectivity index (χ4v) is 5.25. The number of benzene rings is 1. The molecule has 1 aromatic carbocycles. The van der Waals surface area contributed by atoms with Crippen molar-refractivity contribution < 1.29 is 9.50 Å². The molecular formula is C17H22FNO. The molecule has 108 valence electrons. The summed E-state index contributed by atoms with van der Waals surface area (Å²) in [4.78, 5) is 0. The summed E-state index contributed by atoms with van der Waals surface area (Å²) in [6, 6.07) is 5.35. The molecule has 3 heteroatoms. The van der Waals surface area contributed by atoms with Gasteiger partial charge in [-0.25, -0.2) is 4.39 Å². The summed E-state index contributed by atoms with van der Waals surface area (Å²) in [5, 5.41) is 13.3. The maximum absolute atomic E-state index is 13.3. The van der Waals surface area contributed by atoms with E-state index in [0.717, 1.165) is 23.7 Å². The van der Waals surface area contributed by atoms with Crippen molar-refractivity contribution in [2.24, 2.45) is 23.7 Å². The Hall–Kier alpha value is -1.09. The minimum Gasteiger partial charge on any atom is -0.505 e. The first-order valence-electron chi connectivity index (χ1n) is 7.94. The van der Waals surface area contributed by atoms with E-state index in [2.05, 4.69) is 5.32 Å². The first-order valence-corrected chi connectivity index (χ1v) is 7.94. The molecule has 5 atom stereocenters. The van der Waals surface area contributed by atoms with Gasteiger partial charge in [-0.2, -0.15) is 0 Å². The van der Waals surface area contributed by atoms with Gasteiger partial charge in [-0.05, 0) is 55.4 Å². The van der Waals surface area contributed by atoms with Crippen molar-refractivity contribution in [1.29, 1.82) is 0 Å². The summed E-state index contributed by atoms with van der Waals surface area (Å²) in [6.07, 6.45) is 6.95.